The van der Waals surface area contributed by atoms with E-state index in [1.165, 1.54) is 83.5 Å². The van der Waals surface area contributed by atoms with Crippen LogP contribution in [0.25, 0.3) is 11.0 Å². The highest BCUT2D eigenvalue weighted by molar-refractivity contribution is 7.64. The highest BCUT2D eigenvalue weighted by atomic mass is 79.9. The van der Waals surface area contributed by atoms with Crippen molar-refractivity contribution in [1.29, 1.82) is 0 Å². The second-order valence-corrected chi connectivity index (χ2v) is 21.9. The van der Waals surface area contributed by atoms with E-state index in [9.17, 15) is 5.21 Å². The summed E-state index contributed by atoms with van der Waals surface area (Å²) in [5.41, 5.74) is 2.12. The van der Waals surface area contributed by atoms with Crippen molar-refractivity contribution in [3.05, 3.63) is 54.0 Å². The molecule has 0 atom stereocenters. The summed E-state index contributed by atoms with van der Waals surface area (Å²) < 4.78 is 25.4. The van der Waals surface area contributed by atoms with Crippen LogP contribution in [-0.4, -0.2) is 126 Å². The Morgan fingerprint density at radius 2 is 1.07 bits per heavy atom. The van der Waals surface area contributed by atoms with Gasteiger partial charge in [-0.15, -0.1) is 18.9 Å². The Hall–Kier alpha value is -2.00. The van der Waals surface area contributed by atoms with Crippen molar-refractivity contribution in [3.8, 4) is 0 Å². The van der Waals surface area contributed by atoms with Crippen LogP contribution in [0, 0.1) is 5.21 Å². The molecule has 2 aromatic heterocycles. The molecule has 0 spiro atoms. The molecule has 0 aliphatic carbocycles. The van der Waals surface area contributed by atoms with E-state index in [0.29, 0.717) is 15.9 Å². The summed E-state index contributed by atoms with van der Waals surface area (Å²) in [6.45, 7) is 26.6. The topological polar surface area (TPSA) is 86.5 Å². The van der Waals surface area contributed by atoms with Crippen molar-refractivity contribution >= 4 is 24.7 Å². The van der Waals surface area contributed by atoms with Gasteiger partial charge < -0.3 is 31.8 Å². The van der Waals surface area contributed by atoms with E-state index in [4.69, 9.17) is 9.26 Å². The van der Waals surface area contributed by atoms with E-state index in [-0.39, 0.29) is 28.1 Å². The molecule has 0 amide bonds. The Labute approximate surface area is 356 Å². The molecule has 6 rings (SSSR count). The molecular weight excluding hydrogens is 803 g/mol. The van der Waals surface area contributed by atoms with Crippen LogP contribution >= 0.6 is 7.94 Å². The highest BCUT2D eigenvalue weighted by Gasteiger charge is 2.62. The maximum Gasteiger partial charge on any atom is 0.371 e. The van der Waals surface area contributed by atoms with Gasteiger partial charge in [0.25, 0.3) is 0 Å². The second kappa shape index (κ2) is 20.0. The lowest BCUT2D eigenvalue weighted by atomic mass is 10.1. The Kier molecular flexibility index (Phi) is 17.4. The van der Waals surface area contributed by atoms with Crippen molar-refractivity contribution in [1.82, 2.24) is 33.7 Å². The van der Waals surface area contributed by atoms with E-state index in [0.717, 1.165) is 0 Å². The molecule has 0 N–H and O–H groups in total. The van der Waals surface area contributed by atoms with Crippen molar-refractivity contribution in [3.63, 3.8) is 0 Å². The largest absolute Gasteiger partial charge is 1.00 e. The molecule has 0 saturated carbocycles. The Balaban J connectivity index is 0.000000235. The van der Waals surface area contributed by atoms with Gasteiger partial charge in [-0.2, -0.15) is 4.52 Å². The maximum atomic E-state index is 12.1. The van der Waals surface area contributed by atoms with Gasteiger partial charge in [0.1, 0.15) is 10.8 Å². The SMILES string of the molecule is CC(C)(C)O[P+](N1CCCC1)(N1CCCC1)N1CCCC1.CN(C)C(OC(C)(C)C)(N(C)C)n1n[n+]([O-])c2ccccc21.CN(C)c1cc[n+](C(C)(C)C)cc1.[Br-]. The highest BCUT2D eigenvalue weighted by Crippen LogP contribution is 2.72. The fourth-order valence-corrected chi connectivity index (χ4v) is 12.3. The average molecular weight is 881 g/mol. The first-order valence-corrected chi connectivity index (χ1v) is 22.3. The van der Waals surface area contributed by atoms with Crippen molar-refractivity contribution in [2.24, 2.45) is 0 Å². The van der Waals surface area contributed by atoms with Gasteiger partial charge in [0.2, 0.25) is 11.0 Å². The van der Waals surface area contributed by atoms with Crippen LogP contribution in [-0.2, 0) is 20.8 Å². The standard InChI is InChI=1S/C16H33N3OP.C15H25N5O2.C11H19N2.BrH/c1-16(2,3)20-21(17-10-4-5-11-17,18-12-6-7-13-18)19-14-8-9-15-19;1-14(2,3)22-15(17(4)5,18(6)7)19-12-10-8-9-11-13(12)20(21)16-19;1-11(2,3)13-8-6-10(7-9-13)12(4)5;/h4-15H2,1-3H3;8-11H,1-7H3;6-9H,1-5H3;1H/q+1;;+1;/p-1. The molecular formula is C42H77BrN10O3P+. The Bertz CT molecular complexity index is 1600. The molecule has 324 valence electrons. The number of hydrogen-bond acceptors (Lipinski definition) is 10. The first-order chi connectivity index (χ1) is 26.0. The predicted molar refractivity (Wildman–Crippen MR) is 231 cm³/mol. The number of halogens is 1. The number of pyridine rings is 1. The van der Waals surface area contributed by atoms with Gasteiger partial charge in [-0.05, 0) is 120 Å². The summed E-state index contributed by atoms with van der Waals surface area (Å²) in [5, 5.41) is 16.3. The zero-order valence-electron chi connectivity index (χ0n) is 38.1. The predicted octanol–water partition coefficient (Wildman–Crippen LogP) is 3.74. The third-order valence-corrected chi connectivity index (χ3v) is 14.4. The van der Waals surface area contributed by atoms with Gasteiger partial charge in [0, 0.05) is 92.0 Å². The Morgan fingerprint density at radius 3 is 1.42 bits per heavy atom. The number of nitrogens with zero attached hydrogens (tertiary/aromatic N) is 10. The van der Waals surface area contributed by atoms with Gasteiger partial charge in [0.15, 0.2) is 17.9 Å². The second-order valence-electron chi connectivity index (χ2n) is 19.0. The smallest absolute Gasteiger partial charge is 0.371 e. The lowest BCUT2D eigenvalue weighted by Gasteiger charge is -2.44. The Morgan fingerprint density at radius 1 is 0.649 bits per heavy atom. The quantitative estimate of drug-likeness (QED) is 0.137. The zero-order chi connectivity index (χ0) is 41.7. The first-order valence-electron chi connectivity index (χ1n) is 20.7. The minimum atomic E-state index is -1.76. The molecule has 0 radical (unpaired) electrons. The van der Waals surface area contributed by atoms with Crippen LogP contribution in [0.4, 0.5) is 5.69 Å². The van der Waals surface area contributed by atoms with Crippen LogP contribution in [0.5, 0.6) is 0 Å². The lowest BCUT2D eigenvalue weighted by molar-refractivity contribution is -0.754. The van der Waals surface area contributed by atoms with Gasteiger partial charge in [-0.1, -0.05) is 16.8 Å². The average Bonchev–Trinajstić information content (AvgIpc) is 3.95. The van der Waals surface area contributed by atoms with Crippen LogP contribution in [0.15, 0.2) is 48.8 Å². The summed E-state index contributed by atoms with van der Waals surface area (Å²) in [6, 6.07) is 11.6. The molecule has 57 heavy (non-hydrogen) atoms. The molecule has 13 nitrogen and oxygen atoms in total. The number of anilines is 1. The summed E-state index contributed by atoms with van der Waals surface area (Å²) >= 11 is 0. The summed E-state index contributed by atoms with van der Waals surface area (Å²) in [4.78, 5) is 6.53. The zero-order valence-corrected chi connectivity index (χ0v) is 40.6. The molecule has 0 unspecified atom stereocenters. The number of benzene rings is 1. The molecule has 3 aromatic rings. The van der Waals surface area contributed by atoms with Crippen LogP contribution in [0.3, 0.4) is 0 Å². The fraction of sp³-hybridized carbons (Fsp3) is 0.738. The van der Waals surface area contributed by atoms with E-state index < -0.39 is 19.5 Å². The van der Waals surface area contributed by atoms with Crippen LogP contribution < -0.4 is 31.3 Å². The lowest BCUT2D eigenvalue weighted by Crippen LogP contribution is -3.00. The molecule has 5 heterocycles. The molecule has 3 aliphatic rings. The van der Waals surface area contributed by atoms with Gasteiger partial charge in [-0.25, -0.2) is 14.4 Å². The summed E-state index contributed by atoms with van der Waals surface area (Å²) in [5.74, 6) is -1.02. The third kappa shape index (κ3) is 12.1. The molecule has 3 fully saturated rings. The summed E-state index contributed by atoms with van der Waals surface area (Å²) in [6.07, 6.45) is 12.3. The molecule has 15 heteroatoms. The van der Waals surface area contributed by atoms with Crippen molar-refractivity contribution in [2.45, 2.75) is 124 Å². The monoisotopic (exact) mass is 880 g/mol. The van der Waals surface area contributed by atoms with Crippen molar-refractivity contribution in [2.75, 3.05) is 86.5 Å². The maximum absolute atomic E-state index is 12.1. The molecule has 1 aromatic carbocycles. The van der Waals surface area contributed by atoms with Gasteiger partial charge >= 0.3 is 13.9 Å². The number of hydrogen-bond donors (Lipinski definition) is 0. The van der Waals surface area contributed by atoms with Crippen LogP contribution in [0.1, 0.15) is 101 Å². The van der Waals surface area contributed by atoms with E-state index in [1.807, 2.05) is 77.0 Å². The third-order valence-electron chi connectivity index (χ3n) is 10.2. The van der Waals surface area contributed by atoms with Crippen molar-refractivity contribution < 1.29 is 35.7 Å². The molecule has 0 bridgehead atoms. The van der Waals surface area contributed by atoms with E-state index in [1.54, 1.807) is 10.7 Å². The number of ether oxygens (including phenoxy) is 1. The van der Waals surface area contributed by atoms with Gasteiger partial charge in [0.05, 0.1) is 5.60 Å². The first kappa shape index (κ1) is 49.4. The van der Waals surface area contributed by atoms with E-state index in [2.05, 4.69) is 109 Å². The number of aromatic nitrogens is 4. The normalized spacial score (nSPS) is 17.8. The van der Waals surface area contributed by atoms with E-state index >= 15 is 0 Å². The number of rotatable bonds is 9. The minimum absolute atomic E-state index is 0. The fourth-order valence-electron chi connectivity index (χ4n) is 7.74. The number of fused-ring (bicyclic) bond motifs is 1. The van der Waals surface area contributed by atoms with Gasteiger partial charge in [-0.3, -0.25) is 0 Å². The van der Waals surface area contributed by atoms with Crippen LogP contribution in [0.2, 0.25) is 0 Å². The summed E-state index contributed by atoms with van der Waals surface area (Å²) in [7, 11) is 9.94. The molecule has 3 saturated heterocycles. The number of para-hydroxylation sites is 2. The molecule has 3 aliphatic heterocycles. The minimum Gasteiger partial charge on any atom is -1.00 e.